The Balaban J connectivity index is 2.38. The van der Waals surface area contributed by atoms with Crippen LogP contribution in [-0.2, 0) is 4.79 Å². The largest absolute Gasteiger partial charge is 0.309 e. The molecule has 1 atom stereocenters. The number of hydrogen-bond acceptors (Lipinski definition) is 1. The highest BCUT2D eigenvalue weighted by atomic mass is 19.1. The first kappa shape index (κ1) is 10.9. The molecule has 0 aliphatic carbocycles. The zero-order valence-corrected chi connectivity index (χ0v) is 9.24. The minimum Gasteiger partial charge on any atom is -0.309 e. The average Bonchev–Trinajstić information content (AvgIpc) is 2.60. The second kappa shape index (κ2) is 4.08. The number of carbonyl (C=O) groups excluding carboxylic acids is 1. The van der Waals surface area contributed by atoms with E-state index in [9.17, 15) is 9.18 Å². The smallest absolute Gasteiger partial charge is 0.227 e. The van der Waals surface area contributed by atoms with Crippen LogP contribution in [0.1, 0.15) is 12.0 Å². The van der Waals surface area contributed by atoms with Gasteiger partial charge < -0.3 is 4.90 Å². The summed E-state index contributed by atoms with van der Waals surface area (Å²) in [5, 5.41) is 0. The molecule has 0 saturated carbocycles. The highest BCUT2D eigenvalue weighted by molar-refractivity contribution is 5.96. The highest BCUT2D eigenvalue weighted by Gasteiger charge is 2.30. The van der Waals surface area contributed by atoms with Crippen molar-refractivity contribution in [1.82, 2.24) is 0 Å². The van der Waals surface area contributed by atoms with E-state index in [1.807, 2.05) is 13.0 Å². The number of para-hydroxylation sites is 1. The molecular formula is C13H14FNO. The van der Waals surface area contributed by atoms with E-state index < -0.39 is 0 Å². The molecule has 0 aromatic heterocycles. The van der Waals surface area contributed by atoms with Crippen molar-refractivity contribution in [2.45, 2.75) is 13.3 Å². The Morgan fingerprint density at radius 2 is 2.31 bits per heavy atom. The van der Waals surface area contributed by atoms with Crippen LogP contribution in [-0.4, -0.2) is 12.5 Å². The van der Waals surface area contributed by atoms with Crippen LogP contribution in [0.2, 0.25) is 0 Å². The molecule has 1 amide bonds. The summed E-state index contributed by atoms with van der Waals surface area (Å²) in [5.74, 6) is -0.234. The summed E-state index contributed by atoms with van der Waals surface area (Å²) in [4.78, 5) is 13.3. The van der Waals surface area contributed by atoms with Gasteiger partial charge in [-0.1, -0.05) is 18.2 Å². The first-order valence-corrected chi connectivity index (χ1v) is 5.31. The molecule has 1 aromatic rings. The number of aryl methyl sites for hydroxylation is 1. The number of hydrogen-bond donors (Lipinski definition) is 0. The molecule has 1 heterocycles. The van der Waals surface area contributed by atoms with Gasteiger partial charge in [0.05, 0.1) is 5.69 Å². The van der Waals surface area contributed by atoms with Crippen molar-refractivity contribution in [3.63, 3.8) is 0 Å². The second-order valence-electron chi connectivity index (χ2n) is 4.11. The summed E-state index contributed by atoms with van der Waals surface area (Å²) in [6.07, 6.45) is 2.19. The van der Waals surface area contributed by atoms with Crippen molar-refractivity contribution in [2.24, 2.45) is 5.92 Å². The monoisotopic (exact) mass is 219 g/mol. The lowest BCUT2D eigenvalue weighted by atomic mass is 10.1. The fourth-order valence-electron chi connectivity index (χ4n) is 2.07. The zero-order chi connectivity index (χ0) is 11.7. The molecule has 2 nitrogen and oxygen atoms in total. The Kier molecular flexibility index (Phi) is 2.77. The second-order valence-corrected chi connectivity index (χ2v) is 4.11. The van der Waals surface area contributed by atoms with Gasteiger partial charge in [-0.05, 0) is 18.6 Å². The number of anilines is 1. The topological polar surface area (TPSA) is 20.3 Å². The van der Waals surface area contributed by atoms with Crippen LogP contribution >= 0.6 is 0 Å². The Bertz CT molecular complexity index is 421. The molecule has 0 radical (unpaired) electrons. The van der Waals surface area contributed by atoms with Crippen LogP contribution in [0, 0.1) is 18.7 Å². The SMILES string of the molecule is C=CC1CC(=O)N(c2c(C)cccc2F)C1. The van der Waals surface area contributed by atoms with Crippen molar-refractivity contribution >= 4 is 11.6 Å². The number of rotatable bonds is 2. The zero-order valence-electron chi connectivity index (χ0n) is 9.24. The maximum Gasteiger partial charge on any atom is 0.227 e. The van der Waals surface area contributed by atoms with Gasteiger partial charge in [0.1, 0.15) is 5.82 Å². The molecular weight excluding hydrogens is 205 g/mol. The molecule has 84 valence electrons. The number of carbonyl (C=O) groups is 1. The minimum absolute atomic E-state index is 0.0295. The first-order valence-electron chi connectivity index (χ1n) is 5.31. The summed E-state index contributed by atoms with van der Waals surface area (Å²) in [6, 6.07) is 4.85. The molecule has 1 aliphatic heterocycles. The van der Waals surface area contributed by atoms with Crippen LogP contribution < -0.4 is 4.90 Å². The van der Waals surface area contributed by atoms with Gasteiger partial charge in [0.2, 0.25) is 5.91 Å². The maximum absolute atomic E-state index is 13.7. The predicted molar refractivity (Wildman–Crippen MR) is 61.8 cm³/mol. The number of amides is 1. The van der Waals surface area contributed by atoms with Crippen LogP contribution in [0.15, 0.2) is 30.9 Å². The van der Waals surface area contributed by atoms with Gasteiger partial charge in [-0.25, -0.2) is 4.39 Å². The van der Waals surface area contributed by atoms with Crippen LogP contribution in [0.25, 0.3) is 0 Å². The van der Waals surface area contributed by atoms with E-state index in [0.29, 0.717) is 18.7 Å². The van der Waals surface area contributed by atoms with Crippen LogP contribution in [0.5, 0.6) is 0 Å². The molecule has 0 spiro atoms. The Morgan fingerprint density at radius 3 is 2.88 bits per heavy atom. The summed E-state index contributed by atoms with van der Waals surface area (Å²) in [7, 11) is 0. The van der Waals surface area contributed by atoms with E-state index in [1.165, 1.54) is 11.0 Å². The molecule has 1 fully saturated rings. The predicted octanol–water partition coefficient (Wildman–Crippen LogP) is 2.67. The Hall–Kier alpha value is -1.64. The van der Waals surface area contributed by atoms with E-state index in [1.54, 1.807) is 12.1 Å². The number of benzene rings is 1. The van der Waals surface area contributed by atoms with Crippen molar-refractivity contribution < 1.29 is 9.18 Å². The summed E-state index contributed by atoms with van der Waals surface area (Å²) < 4.78 is 13.7. The van der Waals surface area contributed by atoms with Gasteiger partial charge in [0.25, 0.3) is 0 Å². The van der Waals surface area contributed by atoms with E-state index in [2.05, 4.69) is 6.58 Å². The van der Waals surface area contributed by atoms with E-state index in [4.69, 9.17) is 0 Å². The lowest BCUT2D eigenvalue weighted by molar-refractivity contribution is -0.117. The first-order chi connectivity index (χ1) is 7.63. The van der Waals surface area contributed by atoms with Gasteiger partial charge >= 0.3 is 0 Å². The van der Waals surface area contributed by atoms with Crippen molar-refractivity contribution in [2.75, 3.05) is 11.4 Å². The van der Waals surface area contributed by atoms with Gasteiger partial charge in [-0.15, -0.1) is 6.58 Å². The van der Waals surface area contributed by atoms with Gasteiger partial charge in [0.15, 0.2) is 0 Å². The third kappa shape index (κ3) is 1.73. The number of nitrogens with zero attached hydrogens (tertiary/aromatic N) is 1. The summed E-state index contributed by atoms with van der Waals surface area (Å²) >= 11 is 0. The fraction of sp³-hybridized carbons (Fsp3) is 0.308. The molecule has 3 heteroatoms. The quantitative estimate of drug-likeness (QED) is 0.700. The third-order valence-corrected chi connectivity index (χ3v) is 2.95. The Morgan fingerprint density at radius 1 is 1.56 bits per heavy atom. The lowest BCUT2D eigenvalue weighted by Crippen LogP contribution is -2.26. The lowest BCUT2D eigenvalue weighted by Gasteiger charge is -2.19. The van der Waals surface area contributed by atoms with Crippen LogP contribution in [0.3, 0.4) is 0 Å². The molecule has 0 N–H and O–H groups in total. The molecule has 1 saturated heterocycles. The van der Waals surface area contributed by atoms with Crippen molar-refractivity contribution in [3.8, 4) is 0 Å². The van der Waals surface area contributed by atoms with Gasteiger partial charge in [-0.3, -0.25) is 4.79 Å². The highest BCUT2D eigenvalue weighted by Crippen LogP contribution is 2.30. The average molecular weight is 219 g/mol. The normalized spacial score (nSPS) is 20.2. The number of halogens is 1. The molecule has 1 unspecified atom stereocenters. The third-order valence-electron chi connectivity index (χ3n) is 2.95. The van der Waals surface area contributed by atoms with E-state index >= 15 is 0 Å². The van der Waals surface area contributed by atoms with E-state index in [-0.39, 0.29) is 17.6 Å². The molecule has 0 bridgehead atoms. The molecule has 1 aromatic carbocycles. The fourth-order valence-corrected chi connectivity index (χ4v) is 2.07. The minimum atomic E-state index is -0.335. The standard InChI is InChI=1S/C13H14FNO/c1-3-10-7-12(16)15(8-10)13-9(2)5-4-6-11(13)14/h3-6,10H,1,7-8H2,2H3. The summed E-state index contributed by atoms with van der Waals surface area (Å²) in [6.45, 7) is 6.02. The molecule has 2 rings (SSSR count). The Labute approximate surface area is 94.4 Å². The molecule has 1 aliphatic rings. The van der Waals surface area contributed by atoms with E-state index in [0.717, 1.165) is 5.56 Å². The molecule has 16 heavy (non-hydrogen) atoms. The maximum atomic E-state index is 13.7. The van der Waals surface area contributed by atoms with Crippen molar-refractivity contribution in [1.29, 1.82) is 0 Å². The van der Waals surface area contributed by atoms with Crippen molar-refractivity contribution in [3.05, 3.63) is 42.2 Å². The summed E-state index contributed by atoms with van der Waals surface area (Å²) in [5.41, 5.74) is 1.20. The van der Waals surface area contributed by atoms with Gasteiger partial charge in [-0.2, -0.15) is 0 Å². The van der Waals surface area contributed by atoms with Gasteiger partial charge in [0, 0.05) is 18.9 Å². The van der Waals surface area contributed by atoms with Crippen LogP contribution in [0.4, 0.5) is 10.1 Å².